The summed E-state index contributed by atoms with van der Waals surface area (Å²) in [7, 11) is -1.90. The molecule has 0 fully saturated rings. The number of aromatic nitrogens is 1. The van der Waals surface area contributed by atoms with E-state index in [9.17, 15) is 4.79 Å². The summed E-state index contributed by atoms with van der Waals surface area (Å²) in [4.78, 5) is 17.6. The van der Waals surface area contributed by atoms with Crippen LogP contribution in [0.1, 0.15) is 82.8 Å². The molecule has 1 N–H and O–H groups in total. The normalized spacial score (nSPS) is 12.3. The molecule has 0 aliphatic carbocycles. The average Bonchev–Trinajstić information content (AvgIpc) is 3.02. The van der Waals surface area contributed by atoms with E-state index in [1.807, 2.05) is 39.0 Å². The monoisotopic (exact) mass is 424 g/mol. The Kier molecular flexibility index (Phi) is 7.36. The molecule has 2 heterocycles. The quantitative estimate of drug-likeness (QED) is 0.442. The number of rotatable bonds is 6. The Labute approximate surface area is 182 Å². The Morgan fingerprint density at radius 2 is 1.70 bits per heavy atom. The Balaban J connectivity index is 2.43. The molecule has 2 rings (SSSR count). The highest BCUT2D eigenvalue weighted by atomic mass is 28.3. The van der Waals surface area contributed by atoms with Crippen molar-refractivity contribution in [3.05, 3.63) is 53.2 Å². The number of furan rings is 1. The third-order valence-electron chi connectivity index (χ3n) is 6.21. The molecule has 0 spiro atoms. The molecule has 2 aromatic rings. The molecule has 0 bridgehead atoms. The Morgan fingerprint density at radius 1 is 1.10 bits per heavy atom. The molecule has 30 heavy (non-hydrogen) atoms. The number of carbonyl (C=O) groups excluding carboxylic acids is 1. The summed E-state index contributed by atoms with van der Waals surface area (Å²) in [6.07, 6.45) is 3.35. The van der Waals surface area contributed by atoms with Gasteiger partial charge in [0, 0.05) is 6.20 Å². The minimum atomic E-state index is -1.90. The molecule has 1 amide bonds. The summed E-state index contributed by atoms with van der Waals surface area (Å²) in [5, 5.41) is 3.10. The van der Waals surface area contributed by atoms with Crippen LogP contribution in [0.4, 0.5) is 0 Å². The lowest BCUT2D eigenvalue weighted by Crippen LogP contribution is -2.43. The second kappa shape index (κ2) is 9.22. The summed E-state index contributed by atoms with van der Waals surface area (Å²) in [5.41, 5.74) is 6.64. The first kappa shape index (κ1) is 24.0. The molecule has 0 radical (unpaired) electrons. The van der Waals surface area contributed by atoms with Crippen LogP contribution < -0.4 is 5.32 Å². The van der Waals surface area contributed by atoms with Gasteiger partial charge in [0.1, 0.15) is 20.1 Å². The summed E-state index contributed by atoms with van der Waals surface area (Å²) < 4.78 is 5.62. The van der Waals surface area contributed by atoms with Gasteiger partial charge in [-0.3, -0.25) is 9.78 Å². The molecule has 5 heteroatoms. The first-order valence-corrected chi connectivity index (χ1v) is 13.0. The van der Waals surface area contributed by atoms with Crippen molar-refractivity contribution in [2.24, 2.45) is 0 Å². The molecule has 0 unspecified atom stereocenters. The van der Waals surface area contributed by atoms with Gasteiger partial charge in [0.15, 0.2) is 0 Å². The van der Waals surface area contributed by atoms with Crippen LogP contribution in [0.15, 0.2) is 35.1 Å². The predicted molar refractivity (Wildman–Crippen MR) is 126 cm³/mol. The largest absolute Gasteiger partial charge is 0.467 e. The van der Waals surface area contributed by atoms with Gasteiger partial charge in [0.2, 0.25) is 0 Å². The zero-order chi connectivity index (χ0) is 22.7. The fourth-order valence-electron chi connectivity index (χ4n) is 4.58. The van der Waals surface area contributed by atoms with Gasteiger partial charge in [-0.15, -0.1) is 5.54 Å². The van der Waals surface area contributed by atoms with Crippen LogP contribution in [0.2, 0.25) is 16.6 Å². The third kappa shape index (κ3) is 4.70. The van der Waals surface area contributed by atoms with Gasteiger partial charge in [-0.05, 0) is 49.5 Å². The van der Waals surface area contributed by atoms with E-state index in [1.165, 1.54) is 0 Å². The Hall–Kier alpha value is -2.32. The van der Waals surface area contributed by atoms with Gasteiger partial charge in [0.05, 0.1) is 22.4 Å². The maximum absolute atomic E-state index is 13.2. The van der Waals surface area contributed by atoms with E-state index in [4.69, 9.17) is 4.42 Å². The van der Waals surface area contributed by atoms with Crippen molar-refractivity contribution >= 4 is 14.0 Å². The fraction of sp³-hybridized carbons (Fsp3) is 0.520. The van der Waals surface area contributed by atoms with E-state index in [-0.39, 0.29) is 5.91 Å². The molecule has 0 atom stereocenters. The number of nitrogens with zero attached hydrogens (tertiary/aromatic N) is 1. The van der Waals surface area contributed by atoms with Crippen LogP contribution in [-0.4, -0.2) is 19.0 Å². The zero-order valence-electron chi connectivity index (χ0n) is 19.9. The number of aryl methyl sites for hydroxylation is 1. The molecular weight excluding hydrogens is 388 g/mol. The van der Waals surface area contributed by atoms with Crippen molar-refractivity contribution in [2.75, 3.05) is 0 Å². The van der Waals surface area contributed by atoms with Crippen molar-refractivity contribution in [1.29, 1.82) is 0 Å². The van der Waals surface area contributed by atoms with Gasteiger partial charge in [0.25, 0.3) is 5.91 Å². The second-order valence-corrected chi connectivity index (χ2v) is 15.1. The topological polar surface area (TPSA) is 55.1 Å². The molecule has 162 valence electrons. The van der Waals surface area contributed by atoms with E-state index >= 15 is 0 Å². The Morgan fingerprint density at radius 3 is 2.20 bits per heavy atom. The standard InChI is InChI=1S/C25H36N2O2Si/c1-17(2)30(18(3)4,19(5)6)15-13-21-16-29-20(7)23(21)24(28)27-25(8,9)22-12-10-11-14-26-22/h10-12,14,16-19H,1-9H3,(H,27,28). The van der Waals surface area contributed by atoms with Crippen molar-refractivity contribution in [3.8, 4) is 11.5 Å². The zero-order valence-corrected chi connectivity index (χ0v) is 20.9. The number of amides is 1. The molecule has 0 saturated carbocycles. The SMILES string of the molecule is Cc1occ(C#C[Si](C(C)C)(C(C)C)C(C)C)c1C(=O)NC(C)(C)c1ccccn1. The van der Waals surface area contributed by atoms with E-state index in [0.29, 0.717) is 33.5 Å². The summed E-state index contributed by atoms with van der Waals surface area (Å²) in [6, 6.07) is 5.70. The highest BCUT2D eigenvalue weighted by molar-refractivity contribution is 6.90. The van der Waals surface area contributed by atoms with Crippen molar-refractivity contribution in [1.82, 2.24) is 10.3 Å². The first-order chi connectivity index (χ1) is 13.9. The first-order valence-electron chi connectivity index (χ1n) is 10.8. The number of hydrogen-bond donors (Lipinski definition) is 1. The summed E-state index contributed by atoms with van der Waals surface area (Å²) >= 11 is 0. The summed E-state index contributed by atoms with van der Waals surface area (Å²) in [5.74, 6) is 3.76. The molecule has 0 aliphatic rings. The third-order valence-corrected chi connectivity index (χ3v) is 12.5. The van der Waals surface area contributed by atoms with Crippen LogP contribution in [-0.2, 0) is 5.54 Å². The lowest BCUT2D eigenvalue weighted by molar-refractivity contribution is 0.0908. The van der Waals surface area contributed by atoms with Gasteiger partial charge >= 0.3 is 0 Å². The lowest BCUT2D eigenvalue weighted by atomic mass is 9.98. The average molecular weight is 425 g/mol. The van der Waals surface area contributed by atoms with Crippen molar-refractivity contribution in [3.63, 3.8) is 0 Å². The molecule has 2 aromatic heterocycles. The highest BCUT2D eigenvalue weighted by Gasteiger charge is 2.41. The predicted octanol–water partition coefficient (Wildman–Crippen LogP) is 6.22. The molecule has 0 aliphatic heterocycles. The Bertz CT molecular complexity index is 909. The summed E-state index contributed by atoms with van der Waals surface area (Å²) in [6.45, 7) is 19.4. The molecular formula is C25H36N2O2Si. The van der Waals surface area contributed by atoms with Gasteiger partial charge < -0.3 is 9.73 Å². The maximum Gasteiger partial charge on any atom is 0.256 e. The van der Waals surface area contributed by atoms with Crippen LogP contribution in [0.3, 0.4) is 0 Å². The lowest BCUT2D eigenvalue weighted by Gasteiger charge is -2.38. The van der Waals surface area contributed by atoms with Crippen LogP contribution in [0, 0.1) is 18.4 Å². The van der Waals surface area contributed by atoms with Gasteiger partial charge in [-0.2, -0.15) is 0 Å². The van der Waals surface area contributed by atoms with Gasteiger partial charge in [-0.1, -0.05) is 53.5 Å². The molecule has 4 nitrogen and oxygen atoms in total. The minimum Gasteiger partial charge on any atom is -0.467 e. The fourth-order valence-corrected chi connectivity index (χ4v) is 9.80. The van der Waals surface area contributed by atoms with E-state index < -0.39 is 13.6 Å². The highest BCUT2D eigenvalue weighted by Crippen LogP contribution is 2.40. The van der Waals surface area contributed by atoms with Crippen molar-refractivity contribution < 1.29 is 9.21 Å². The second-order valence-electron chi connectivity index (χ2n) is 9.52. The van der Waals surface area contributed by atoms with Crippen LogP contribution >= 0.6 is 0 Å². The van der Waals surface area contributed by atoms with Crippen molar-refractivity contribution in [2.45, 2.75) is 84.5 Å². The molecule has 0 aromatic carbocycles. The van der Waals surface area contributed by atoms with E-state index in [0.717, 1.165) is 5.69 Å². The van der Waals surface area contributed by atoms with Crippen LogP contribution in [0.5, 0.6) is 0 Å². The smallest absolute Gasteiger partial charge is 0.256 e. The number of pyridine rings is 1. The van der Waals surface area contributed by atoms with Gasteiger partial charge in [-0.25, -0.2) is 0 Å². The van der Waals surface area contributed by atoms with Crippen LogP contribution in [0.25, 0.3) is 0 Å². The number of hydrogen-bond acceptors (Lipinski definition) is 3. The van der Waals surface area contributed by atoms with E-state index in [2.05, 4.69) is 63.3 Å². The minimum absolute atomic E-state index is 0.188. The molecule has 0 saturated heterocycles. The number of nitrogens with one attached hydrogen (secondary N) is 1. The number of carbonyl (C=O) groups is 1. The van der Waals surface area contributed by atoms with E-state index in [1.54, 1.807) is 12.5 Å². The maximum atomic E-state index is 13.2.